The molecular formula is C15H17NO2S2. The molecule has 0 unspecified atom stereocenters. The van der Waals surface area contributed by atoms with Crippen LogP contribution in [0.25, 0.3) is 0 Å². The predicted octanol–water partition coefficient (Wildman–Crippen LogP) is 3.83. The molecule has 0 atom stereocenters. The van der Waals surface area contributed by atoms with E-state index in [1.165, 1.54) is 0 Å². The predicted molar refractivity (Wildman–Crippen MR) is 84.9 cm³/mol. The van der Waals surface area contributed by atoms with Gasteiger partial charge in [0.05, 0.1) is 4.90 Å². The van der Waals surface area contributed by atoms with Crippen molar-refractivity contribution in [2.45, 2.75) is 23.6 Å². The van der Waals surface area contributed by atoms with Crippen LogP contribution in [0.5, 0.6) is 0 Å². The minimum Gasteiger partial charge on any atom is -0.280 e. The second-order valence-electron chi connectivity index (χ2n) is 4.66. The molecule has 0 saturated heterocycles. The average molecular weight is 307 g/mol. The molecule has 0 amide bonds. The molecule has 0 aliphatic rings. The Morgan fingerprint density at radius 1 is 0.950 bits per heavy atom. The SMILES string of the molecule is CSc1ccc(S(=O)(=O)Nc2cc(C)cc(C)c2)cc1. The molecule has 2 rings (SSSR count). The summed E-state index contributed by atoms with van der Waals surface area (Å²) >= 11 is 1.58. The van der Waals surface area contributed by atoms with Gasteiger partial charge in [-0.05, 0) is 67.6 Å². The summed E-state index contributed by atoms with van der Waals surface area (Å²) in [6.07, 6.45) is 1.96. The van der Waals surface area contributed by atoms with E-state index >= 15 is 0 Å². The lowest BCUT2D eigenvalue weighted by atomic mass is 10.1. The van der Waals surface area contributed by atoms with Crippen LogP contribution < -0.4 is 4.72 Å². The van der Waals surface area contributed by atoms with E-state index in [2.05, 4.69) is 4.72 Å². The number of aryl methyl sites for hydroxylation is 2. The van der Waals surface area contributed by atoms with Crippen molar-refractivity contribution in [3.05, 3.63) is 53.6 Å². The van der Waals surface area contributed by atoms with Gasteiger partial charge in [-0.2, -0.15) is 0 Å². The highest BCUT2D eigenvalue weighted by Gasteiger charge is 2.14. The lowest BCUT2D eigenvalue weighted by molar-refractivity contribution is 0.601. The van der Waals surface area contributed by atoms with Gasteiger partial charge in [-0.1, -0.05) is 6.07 Å². The zero-order valence-electron chi connectivity index (χ0n) is 11.7. The van der Waals surface area contributed by atoms with E-state index in [4.69, 9.17) is 0 Å². The van der Waals surface area contributed by atoms with Crippen LogP contribution in [0.3, 0.4) is 0 Å². The molecular weight excluding hydrogens is 290 g/mol. The lowest BCUT2D eigenvalue weighted by Crippen LogP contribution is -2.13. The van der Waals surface area contributed by atoms with Crippen molar-refractivity contribution < 1.29 is 8.42 Å². The molecule has 106 valence electrons. The van der Waals surface area contributed by atoms with E-state index in [0.29, 0.717) is 5.69 Å². The van der Waals surface area contributed by atoms with Crippen LogP contribution in [-0.4, -0.2) is 14.7 Å². The summed E-state index contributed by atoms with van der Waals surface area (Å²) in [5, 5.41) is 0. The Morgan fingerprint density at radius 2 is 1.50 bits per heavy atom. The summed E-state index contributed by atoms with van der Waals surface area (Å²) in [6.45, 7) is 3.89. The quantitative estimate of drug-likeness (QED) is 0.873. The first-order valence-electron chi connectivity index (χ1n) is 6.16. The number of hydrogen-bond acceptors (Lipinski definition) is 3. The first-order chi connectivity index (χ1) is 9.40. The third-order valence-corrected chi connectivity index (χ3v) is 4.98. The minimum absolute atomic E-state index is 0.273. The van der Waals surface area contributed by atoms with Gasteiger partial charge in [0.1, 0.15) is 0 Å². The molecule has 5 heteroatoms. The van der Waals surface area contributed by atoms with E-state index in [0.717, 1.165) is 16.0 Å². The number of benzene rings is 2. The van der Waals surface area contributed by atoms with Gasteiger partial charge in [0, 0.05) is 10.6 Å². The van der Waals surface area contributed by atoms with Gasteiger partial charge in [-0.25, -0.2) is 8.42 Å². The number of rotatable bonds is 4. The molecule has 3 nitrogen and oxygen atoms in total. The van der Waals surface area contributed by atoms with E-state index in [9.17, 15) is 8.42 Å². The lowest BCUT2D eigenvalue weighted by Gasteiger charge is -2.10. The van der Waals surface area contributed by atoms with Crippen LogP contribution in [0, 0.1) is 13.8 Å². The van der Waals surface area contributed by atoms with Gasteiger partial charge in [-0.15, -0.1) is 11.8 Å². The molecule has 0 radical (unpaired) electrons. The Balaban J connectivity index is 2.30. The van der Waals surface area contributed by atoms with Gasteiger partial charge in [-0.3, -0.25) is 4.72 Å². The van der Waals surface area contributed by atoms with E-state index in [1.807, 2.05) is 38.3 Å². The molecule has 0 aliphatic heterocycles. The Bertz CT molecular complexity index is 687. The standard InChI is InChI=1S/C15H17NO2S2/c1-11-8-12(2)10-13(9-11)16-20(17,18)15-6-4-14(19-3)5-7-15/h4-10,16H,1-3H3. The molecule has 0 aromatic heterocycles. The zero-order valence-corrected chi connectivity index (χ0v) is 13.3. The molecule has 0 bridgehead atoms. The number of hydrogen-bond donors (Lipinski definition) is 1. The fourth-order valence-corrected chi connectivity index (χ4v) is 3.45. The zero-order chi connectivity index (χ0) is 14.8. The minimum atomic E-state index is -3.53. The van der Waals surface area contributed by atoms with Crippen molar-refractivity contribution in [3.63, 3.8) is 0 Å². The van der Waals surface area contributed by atoms with E-state index < -0.39 is 10.0 Å². The van der Waals surface area contributed by atoms with Crippen LogP contribution >= 0.6 is 11.8 Å². The first kappa shape index (κ1) is 14.9. The molecule has 0 spiro atoms. The first-order valence-corrected chi connectivity index (χ1v) is 8.87. The highest BCUT2D eigenvalue weighted by Crippen LogP contribution is 2.21. The average Bonchev–Trinajstić information content (AvgIpc) is 2.37. The third-order valence-electron chi connectivity index (χ3n) is 2.84. The smallest absolute Gasteiger partial charge is 0.261 e. The Morgan fingerprint density at radius 3 is 2.00 bits per heavy atom. The summed E-state index contributed by atoms with van der Waals surface area (Å²) in [4.78, 5) is 1.31. The van der Waals surface area contributed by atoms with Crippen molar-refractivity contribution >= 4 is 27.5 Å². The van der Waals surface area contributed by atoms with Crippen molar-refractivity contribution in [1.82, 2.24) is 0 Å². The van der Waals surface area contributed by atoms with Gasteiger partial charge in [0.25, 0.3) is 10.0 Å². The van der Waals surface area contributed by atoms with Crippen LogP contribution in [0.15, 0.2) is 52.3 Å². The number of sulfonamides is 1. The summed E-state index contributed by atoms with van der Waals surface area (Å²) in [5.41, 5.74) is 2.65. The molecule has 2 aromatic rings. The Labute approximate surface area is 124 Å². The molecule has 0 saturated carbocycles. The van der Waals surface area contributed by atoms with Crippen molar-refractivity contribution in [2.24, 2.45) is 0 Å². The molecule has 2 aromatic carbocycles. The maximum absolute atomic E-state index is 12.3. The van der Waals surface area contributed by atoms with Crippen molar-refractivity contribution in [1.29, 1.82) is 0 Å². The second-order valence-corrected chi connectivity index (χ2v) is 7.22. The Hall–Kier alpha value is -1.46. The summed E-state index contributed by atoms with van der Waals surface area (Å²) in [5.74, 6) is 0. The molecule has 0 aliphatic carbocycles. The summed E-state index contributed by atoms with van der Waals surface area (Å²) in [7, 11) is -3.53. The molecule has 0 fully saturated rings. The number of nitrogens with one attached hydrogen (secondary N) is 1. The van der Waals surface area contributed by atoms with Crippen LogP contribution in [0.1, 0.15) is 11.1 Å². The summed E-state index contributed by atoms with van der Waals surface area (Å²) in [6, 6.07) is 12.5. The molecule has 1 N–H and O–H groups in total. The van der Waals surface area contributed by atoms with E-state index in [1.54, 1.807) is 36.0 Å². The largest absolute Gasteiger partial charge is 0.280 e. The highest BCUT2D eigenvalue weighted by molar-refractivity contribution is 7.98. The monoisotopic (exact) mass is 307 g/mol. The van der Waals surface area contributed by atoms with Crippen LogP contribution in [-0.2, 0) is 10.0 Å². The van der Waals surface area contributed by atoms with Crippen LogP contribution in [0.2, 0.25) is 0 Å². The number of thioether (sulfide) groups is 1. The third kappa shape index (κ3) is 3.55. The maximum Gasteiger partial charge on any atom is 0.261 e. The van der Waals surface area contributed by atoms with Crippen LogP contribution in [0.4, 0.5) is 5.69 Å². The van der Waals surface area contributed by atoms with Gasteiger partial charge in [0.2, 0.25) is 0 Å². The normalized spacial score (nSPS) is 11.3. The summed E-state index contributed by atoms with van der Waals surface area (Å²) < 4.78 is 27.2. The molecule has 0 heterocycles. The van der Waals surface area contributed by atoms with Crippen molar-refractivity contribution in [3.8, 4) is 0 Å². The van der Waals surface area contributed by atoms with E-state index in [-0.39, 0.29) is 4.90 Å². The topological polar surface area (TPSA) is 46.2 Å². The van der Waals surface area contributed by atoms with Crippen molar-refractivity contribution in [2.75, 3.05) is 11.0 Å². The fraction of sp³-hybridized carbons (Fsp3) is 0.200. The van der Waals surface area contributed by atoms with Gasteiger partial charge in [0.15, 0.2) is 0 Å². The van der Waals surface area contributed by atoms with Gasteiger partial charge < -0.3 is 0 Å². The highest BCUT2D eigenvalue weighted by atomic mass is 32.2. The Kier molecular flexibility index (Phi) is 4.40. The number of anilines is 1. The van der Waals surface area contributed by atoms with Gasteiger partial charge >= 0.3 is 0 Å². The molecule has 20 heavy (non-hydrogen) atoms. The fourth-order valence-electron chi connectivity index (χ4n) is 2.00. The maximum atomic E-state index is 12.3. The second kappa shape index (κ2) is 5.89.